The molecule has 1 aromatic carbocycles. The van der Waals surface area contributed by atoms with Crippen molar-refractivity contribution >= 4 is 0 Å². The molecule has 0 aromatic heterocycles. The van der Waals surface area contributed by atoms with Crippen LogP contribution in [0.5, 0.6) is 0 Å². The lowest BCUT2D eigenvalue weighted by Crippen LogP contribution is -2.37. The molecule has 0 aliphatic carbocycles. The fraction of sp³-hybridized carbons (Fsp3) is 0.600. The molecule has 2 atom stereocenters. The van der Waals surface area contributed by atoms with E-state index in [0.717, 1.165) is 6.54 Å². The van der Waals surface area contributed by atoms with Crippen molar-refractivity contribution in [2.24, 2.45) is 5.92 Å². The summed E-state index contributed by atoms with van der Waals surface area (Å²) < 4.78 is 32.2. The Balaban J connectivity index is 3.06. The zero-order chi connectivity index (χ0) is 14.4. The maximum atomic E-state index is 13.4. The first kappa shape index (κ1) is 16.1. The van der Waals surface area contributed by atoms with Gasteiger partial charge < -0.3 is 10.1 Å². The van der Waals surface area contributed by atoms with Gasteiger partial charge in [0.2, 0.25) is 0 Å². The van der Waals surface area contributed by atoms with Gasteiger partial charge in [-0.1, -0.05) is 26.8 Å². The van der Waals surface area contributed by atoms with E-state index < -0.39 is 11.6 Å². The second-order valence-corrected chi connectivity index (χ2v) is 4.87. The lowest BCUT2D eigenvalue weighted by molar-refractivity contribution is 0.00309. The van der Waals surface area contributed by atoms with Crippen molar-refractivity contribution in [3.05, 3.63) is 35.4 Å². The molecule has 1 N–H and O–H groups in total. The minimum absolute atomic E-state index is 0.0742. The van der Waals surface area contributed by atoms with E-state index in [9.17, 15) is 8.78 Å². The average molecular weight is 271 g/mol. The summed E-state index contributed by atoms with van der Waals surface area (Å²) in [7, 11) is 0. The Hall–Kier alpha value is -1.00. The normalized spacial score (nSPS) is 14.7. The third kappa shape index (κ3) is 4.25. The number of hydrogen-bond acceptors (Lipinski definition) is 2. The lowest BCUT2D eigenvalue weighted by Gasteiger charge is -2.31. The second-order valence-electron chi connectivity index (χ2n) is 4.87. The molecule has 0 aliphatic heterocycles. The molecular weight excluding hydrogens is 248 g/mol. The zero-order valence-electron chi connectivity index (χ0n) is 12.0. The van der Waals surface area contributed by atoms with Crippen LogP contribution in [0.4, 0.5) is 8.78 Å². The summed E-state index contributed by atoms with van der Waals surface area (Å²) in [6.45, 7) is 9.36. The van der Waals surface area contributed by atoms with E-state index in [1.807, 2.05) is 13.8 Å². The predicted molar refractivity (Wildman–Crippen MR) is 73.0 cm³/mol. The minimum atomic E-state index is -0.823. The summed E-state index contributed by atoms with van der Waals surface area (Å²) in [5, 5.41) is 3.30. The van der Waals surface area contributed by atoms with Crippen molar-refractivity contribution < 1.29 is 13.5 Å². The first-order chi connectivity index (χ1) is 9.01. The van der Waals surface area contributed by atoms with Crippen LogP contribution in [0.15, 0.2) is 18.2 Å². The Labute approximate surface area is 114 Å². The van der Waals surface area contributed by atoms with Crippen LogP contribution in [0.1, 0.15) is 39.3 Å². The molecule has 0 saturated carbocycles. The quantitative estimate of drug-likeness (QED) is 0.817. The van der Waals surface area contributed by atoms with Crippen molar-refractivity contribution in [3.63, 3.8) is 0 Å². The van der Waals surface area contributed by atoms with E-state index in [0.29, 0.717) is 12.2 Å². The largest absolute Gasteiger partial charge is 0.376 e. The predicted octanol–water partition coefficient (Wildman–Crippen LogP) is 3.68. The van der Waals surface area contributed by atoms with Crippen LogP contribution >= 0.6 is 0 Å². The van der Waals surface area contributed by atoms with E-state index in [4.69, 9.17) is 4.74 Å². The van der Waals surface area contributed by atoms with Gasteiger partial charge in [-0.3, -0.25) is 0 Å². The van der Waals surface area contributed by atoms with Crippen LogP contribution in [-0.2, 0) is 4.74 Å². The Morgan fingerprint density at radius 1 is 1.16 bits per heavy atom. The molecule has 108 valence electrons. The molecule has 0 spiro atoms. The maximum absolute atomic E-state index is 13.4. The fourth-order valence-corrected chi connectivity index (χ4v) is 2.22. The first-order valence-electron chi connectivity index (χ1n) is 6.81. The van der Waals surface area contributed by atoms with E-state index in [1.165, 1.54) is 12.1 Å². The van der Waals surface area contributed by atoms with Crippen LogP contribution in [0.25, 0.3) is 0 Å². The van der Waals surface area contributed by atoms with E-state index in [2.05, 4.69) is 19.2 Å². The summed E-state index contributed by atoms with van der Waals surface area (Å²) >= 11 is 0. The maximum Gasteiger partial charge on any atom is 0.159 e. The van der Waals surface area contributed by atoms with Gasteiger partial charge in [0, 0.05) is 6.61 Å². The van der Waals surface area contributed by atoms with Crippen molar-refractivity contribution in [1.29, 1.82) is 0 Å². The highest BCUT2D eigenvalue weighted by molar-refractivity contribution is 5.22. The van der Waals surface area contributed by atoms with Gasteiger partial charge in [0.1, 0.15) is 0 Å². The van der Waals surface area contributed by atoms with Gasteiger partial charge in [-0.2, -0.15) is 0 Å². The Kier molecular flexibility index (Phi) is 6.38. The van der Waals surface area contributed by atoms with Crippen LogP contribution in [0.3, 0.4) is 0 Å². The highest BCUT2D eigenvalue weighted by Gasteiger charge is 2.26. The summed E-state index contributed by atoms with van der Waals surface area (Å²) in [6.07, 6.45) is -0.0742. The molecule has 2 nitrogen and oxygen atoms in total. The second kappa shape index (κ2) is 7.56. The fourth-order valence-electron chi connectivity index (χ4n) is 2.22. The topological polar surface area (TPSA) is 21.3 Å². The highest BCUT2D eigenvalue weighted by atomic mass is 19.2. The minimum Gasteiger partial charge on any atom is -0.376 e. The van der Waals surface area contributed by atoms with Gasteiger partial charge in [0.15, 0.2) is 11.6 Å². The van der Waals surface area contributed by atoms with Gasteiger partial charge in [-0.15, -0.1) is 0 Å². The molecule has 2 unspecified atom stereocenters. The molecule has 0 aliphatic rings. The van der Waals surface area contributed by atoms with Gasteiger partial charge in [-0.25, -0.2) is 8.78 Å². The molecule has 0 radical (unpaired) electrons. The number of benzene rings is 1. The van der Waals surface area contributed by atoms with Crippen LogP contribution in [0, 0.1) is 17.6 Å². The number of hydrogen-bond donors (Lipinski definition) is 1. The zero-order valence-corrected chi connectivity index (χ0v) is 12.0. The lowest BCUT2D eigenvalue weighted by atomic mass is 9.93. The van der Waals surface area contributed by atoms with Crippen LogP contribution in [0.2, 0.25) is 0 Å². The summed E-state index contributed by atoms with van der Waals surface area (Å²) in [4.78, 5) is 0. The van der Waals surface area contributed by atoms with Gasteiger partial charge in [0.05, 0.1) is 12.1 Å². The molecule has 0 fully saturated rings. The Bertz CT molecular complexity index is 396. The van der Waals surface area contributed by atoms with Crippen molar-refractivity contribution in [2.75, 3.05) is 13.2 Å². The molecular formula is C15H23F2NO. The molecule has 0 saturated heterocycles. The molecule has 0 amide bonds. The molecule has 0 heterocycles. The monoisotopic (exact) mass is 271 g/mol. The van der Waals surface area contributed by atoms with Crippen molar-refractivity contribution in [1.82, 2.24) is 5.32 Å². The van der Waals surface area contributed by atoms with E-state index in [-0.39, 0.29) is 18.1 Å². The number of nitrogens with one attached hydrogen (secondary N) is 1. The van der Waals surface area contributed by atoms with Gasteiger partial charge in [-0.05, 0) is 37.1 Å². The molecule has 4 heteroatoms. The van der Waals surface area contributed by atoms with Crippen LogP contribution < -0.4 is 5.32 Å². The smallest absolute Gasteiger partial charge is 0.159 e. The molecule has 1 aromatic rings. The first-order valence-corrected chi connectivity index (χ1v) is 6.81. The average Bonchev–Trinajstić information content (AvgIpc) is 2.37. The third-order valence-corrected chi connectivity index (χ3v) is 3.07. The van der Waals surface area contributed by atoms with Crippen molar-refractivity contribution in [2.45, 2.75) is 39.8 Å². The molecule has 0 bridgehead atoms. The third-order valence-electron chi connectivity index (χ3n) is 3.07. The SMILES string of the molecule is CCNC(c1ccc(F)c(F)c1)C(OCC)C(C)C. The standard InChI is InChI=1S/C15H23F2NO/c1-5-18-14(15(10(3)4)19-6-2)11-7-8-12(16)13(17)9-11/h7-10,14-15,18H,5-6H2,1-4H3. The van der Waals surface area contributed by atoms with Gasteiger partial charge >= 0.3 is 0 Å². The van der Waals surface area contributed by atoms with Crippen LogP contribution in [-0.4, -0.2) is 19.3 Å². The number of halogens is 2. The number of rotatable bonds is 7. The summed E-state index contributed by atoms with van der Waals surface area (Å²) in [5.74, 6) is -1.37. The molecule has 19 heavy (non-hydrogen) atoms. The number of ether oxygens (including phenoxy) is 1. The van der Waals surface area contributed by atoms with E-state index >= 15 is 0 Å². The highest BCUT2D eigenvalue weighted by Crippen LogP contribution is 2.26. The molecule has 1 rings (SSSR count). The Morgan fingerprint density at radius 2 is 1.84 bits per heavy atom. The Morgan fingerprint density at radius 3 is 2.32 bits per heavy atom. The summed E-state index contributed by atoms with van der Waals surface area (Å²) in [5.41, 5.74) is 0.716. The summed E-state index contributed by atoms with van der Waals surface area (Å²) in [6, 6.07) is 3.88. The van der Waals surface area contributed by atoms with Gasteiger partial charge in [0.25, 0.3) is 0 Å². The van der Waals surface area contributed by atoms with E-state index in [1.54, 1.807) is 6.07 Å². The van der Waals surface area contributed by atoms with Crippen molar-refractivity contribution in [3.8, 4) is 0 Å². The number of likely N-dealkylation sites (N-methyl/N-ethyl adjacent to an activating group) is 1.